The van der Waals surface area contributed by atoms with Crippen LogP contribution in [0.25, 0.3) is 0 Å². The standard InChI is InChI=1S/C16H12BrClFNO4/c1-23-14-5-2-9(18)6-13(14)20-15(21)8-24-16(22)11-7-10(19)3-4-12(11)17/h2-7H,8H2,1H3,(H,20,21). The number of benzene rings is 2. The predicted molar refractivity (Wildman–Crippen MR) is 91.0 cm³/mol. The average molecular weight is 417 g/mol. The monoisotopic (exact) mass is 415 g/mol. The summed E-state index contributed by atoms with van der Waals surface area (Å²) in [6.45, 7) is -0.544. The zero-order valence-electron chi connectivity index (χ0n) is 12.4. The molecule has 0 bridgehead atoms. The molecule has 0 aromatic heterocycles. The number of halogens is 3. The highest BCUT2D eigenvalue weighted by molar-refractivity contribution is 9.10. The summed E-state index contributed by atoms with van der Waals surface area (Å²) in [5.74, 6) is -1.59. The minimum absolute atomic E-state index is 0.0110. The summed E-state index contributed by atoms with van der Waals surface area (Å²) in [7, 11) is 1.44. The Balaban J connectivity index is 2.00. The number of methoxy groups -OCH3 is 1. The van der Waals surface area contributed by atoms with E-state index in [9.17, 15) is 14.0 Å². The van der Waals surface area contributed by atoms with E-state index in [0.717, 1.165) is 6.07 Å². The van der Waals surface area contributed by atoms with Gasteiger partial charge in [0.05, 0.1) is 18.4 Å². The Labute approximate surface area is 150 Å². The highest BCUT2D eigenvalue weighted by Crippen LogP contribution is 2.27. The van der Waals surface area contributed by atoms with Crippen LogP contribution < -0.4 is 10.1 Å². The molecule has 0 radical (unpaired) electrons. The van der Waals surface area contributed by atoms with Gasteiger partial charge in [-0.05, 0) is 52.3 Å². The van der Waals surface area contributed by atoms with Crippen LogP contribution in [-0.2, 0) is 9.53 Å². The number of ether oxygens (including phenoxy) is 2. The molecule has 2 aromatic carbocycles. The van der Waals surface area contributed by atoms with Crippen LogP contribution in [0.15, 0.2) is 40.9 Å². The lowest BCUT2D eigenvalue weighted by Gasteiger charge is -2.11. The van der Waals surface area contributed by atoms with Crippen LogP contribution >= 0.6 is 27.5 Å². The zero-order valence-corrected chi connectivity index (χ0v) is 14.8. The maximum atomic E-state index is 13.2. The third-order valence-electron chi connectivity index (χ3n) is 2.92. The number of nitrogens with one attached hydrogen (secondary N) is 1. The van der Waals surface area contributed by atoms with Crippen molar-refractivity contribution in [1.82, 2.24) is 0 Å². The van der Waals surface area contributed by atoms with E-state index in [1.165, 1.54) is 25.3 Å². The summed E-state index contributed by atoms with van der Waals surface area (Å²) in [5, 5.41) is 2.93. The molecule has 0 heterocycles. The van der Waals surface area contributed by atoms with E-state index in [1.807, 2.05) is 0 Å². The van der Waals surface area contributed by atoms with E-state index in [2.05, 4.69) is 21.2 Å². The number of esters is 1. The van der Waals surface area contributed by atoms with Crippen LogP contribution in [0.3, 0.4) is 0 Å². The fourth-order valence-corrected chi connectivity index (χ4v) is 2.41. The summed E-state index contributed by atoms with van der Waals surface area (Å²) in [5.41, 5.74) is 0.334. The van der Waals surface area contributed by atoms with Gasteiger partial charge in [-0.2, -0.15) is 0 Å². The van der Waals surface area contributed by atoms with Crippen LogP contribution in [-0.4, -0.2) is 25.6 Å². The molecule has 0 aliphatic carbocycles. The van der Waals surface area contributed by atoms with Gasteiger partial charge in [-0.25, -0.2) is 9.18 Å². The highest BCUT2D eigenvalue weighted by Gasteiger charge is 2.15. The lowest BCUT2D eigenvalue weighted by molar-refractivity contribution is -0.119. The molecule has 0 saturated heterocycles. The molecule has 0 unspecified atom stereocenters. The SMILES string of the molecule is COc1ccc(Cl)cc1NC(=O)COC(=O)c1cc(F)ccc1Br. The predicted octanol–water partition coefficient (Wildman–Crippen LogP) is 4.05. The topological polar surface area (TPSA) is 64.6 Å². The van der Waals surface area contributed by atoms with Crippen molar-refractivity contribution in [3.8, 4) is 5.75 Å². The van der Waals surface area contributed by atoms with E-state index >= 15 is 0 Å². The fourth-order valence-electron chi connectivity index (χ4n) is 1.83. The van der Waals surface area contributed by atoms with Crippen LogP contribution in [0.2, 0.25) is 5.02 Å². The first kappa shape index (κ1) is 18.2. The van der Waals surface area contributed by atoms with Crippen molar-refractivity contribution in [2.45, 2.75) is 0 Å². The molecule has 0 spiro atoms. The number of rotatable bonds is 5. The number of anilines is 1. The molecular formula is C16H12BrClFNO4. The van der Waals surface area contributed by atoms with E-state index in [4.69, 9.17) is 21.1 Å². The molecule has 0 fully saturated rings. The van der Waals surface area contributed by atoms with Gasteiger partial charge < -0.3 is 14.8 Å². The molecule has 0 saturated carbocycles. The highest BCUT2D eigenvalue weighted by atomic mass is 79.9. The summed E-state index contributed by atoms with van der Waals surface area (Å²) >= 11 is 8.98. The van der Waals surface area contributed by atoms with Gasteiger partial charge in [0.2, 0.25) is 0 Å². The molecule has 1 amide bonds. The second-order valence-electron chi connectivity index (χ2n) is 4.59. The van der Waals surface area contributed by atoms with Crippen molar-refractivity contribution in [3.05, 3.63) is 57.3 Å². The smallest absolute Gasteiger partial charge is 0.339 e. The fraction of sp³-hybridized carbons (Fsp3) is 0.125. The summed E-state index contributed by atoms with van der Waals surface area (Å²) in [4.78, 5) is 23.8. The molecule has 2 rings (SSSR count). The second kappa shape index (κ2) is 8.12. The second-order valence-corrected chi connectivity index (χ2v) is 5.88. The first-order valence-electron chi connectivity index (χ1n) is 6.66. The molecule has 126 valence electrons. The van der Waals surface area contributed by atoms with Gasteiger partial charge in [-0.3, -0.25) is 4.79 Å². The number of hydrogen-bond donors (Lipinski definition) is 1. The minimum atomic E-state index is -0.824. The summed E-state index contributed by atoms with van der Waals surface area (Å²) < 4.78 is 23.5. The van der Waals surface area contributed by atoms with Crippen LogP contribution in [0.1, 0.15) is 10.4 Å². The van der Waals surface area contributed by atoms with Crippen LogP contribution in [0.4, 0.5) is 10.1 Å². The molecular weight excluding hydrogens is 405 g/mol. The first-order valence-corrected chi connectivity index (χ1v) is 7.83. The Bertz CT molecular complexity index is 785. The van der Waals surface area contributed by atoms with Crippen molar-refractivity contribution >= 4 is 45.1 Å². The Morgan fingerprint density at radius 3 is 2.71 bits per heavy atom. The van der Waals surface area contributed by atoms with Gasteiger partial charge in [-0.15, -0.1) is 0 Å². The minimum Gasteiger partial charge on any atom is -0.495 e. The Morgan fingerprint density at radius 2 is 2.00 bits per heavy atom. The number of carbonyl (C=O) groups excluding carboxylic acids is 2. The molecule has 0 aliphatic rings. The zero-order chi connectivity index (χ0) is 17.7. The van der Waals surface area contributed by atoms with Gasteiger partial charge in [-0.1, -0.05) is 11.6 Å². The maximum absolute atomic E-state index is 13.2. The normalized spacial score (nSPS) is 10.2. The molecule has 24 heavy (non-hydrogen) atoms. The van der Waals surface area contributed by atoms with Crippen molar-refractivity contribution in [1.29, 1.82) is 0 Å². The molecule has 1 N–H and O–H groups in total. The Kier molecular flexibility index (Phi) is 6.16. The van der Waals surface area contributed by atoms with Crippen LogP contribution in [0.5, 0.6) is 5.75 Å². The van der Waals surface area contributed by atoms with Gasteiger partial charge in [0.25, 0.3) is 5.91 Å². The largest absolute Gasteiger partial charge is 0.495 e. The molecule has 0 atom stereocenters. The molecule has 5 nitrogen and oxygen atoms in total. The van der Waals surface area contributed by atoms with E-state index < -0.39 is 24.3 Å². The van der Waals surface area contributed by atoms with Crippen molar-refractivity contribution in [2.75, 3.05) is 19.0 Å². The van der Waals surface area contributed by atoms with E-state index in [0.29, 0.717) is 20.9 Å². The van der Waals surface area contributed by atoms with E-state index in [-0.39, 0.29) is 5.56 Å². The number of hydrogen-bond acceptors (Lipinski definition) is 4. The maximum Gasteiger partial charge on any atom is 0.339 e. The van der Waals surface area contributed by atoms with Crippen molar-refractivity contribution in [2.24, 2.45) is 0 Å². The Morgan fingerprint density at radius 1 is 1.25 bits per heavy atom. The van der Waals surface area contributed by atoms with Gasteiger partial charge in [0.15, 0.2) is 6.61 Å². The van der Waals surface area contributed by atoms with Gasteiger partial charge in [0, 0.05) is 9.50 Å². The first-order chi connectivity index (χ1) is 11.4. The lowest BCUT2D eigenvalue weighted by Crippen LogP contribution is -2.21. The number of carbonyl (C=O) groups is 2. The lowest BCUT2D eigenvalue weighted by atomic mass is 10.2. The van der Waals surface area contributed by atoms with E-state index in [1.54, 1.807) is 12.1 Å². The average Bonchev–Trinajstić information content (AvgIpc) is 2.55. The number of amides is 1. The summed E-state index contributed by atoms with van der Waals surface area (Å²) in [6, 6.07) is 8.29. The quantitative estimate of drug-likeness (QED) is 0.747. The van der Waals surface area contributed by atoms with Gasteiger partial charge in [0.1, 0.15) is 11.6 Å². The van der Waals surface area contributed by atoms with Gasteiger partial charge >= 0.3 is 5.97 Å². The molecule has 8 heteroatoms. The van der Waals surface area contributed by atoms with Crippen molar-refractivity contribution < 1.29 is 23.5 Å². The molecule has 2 aromatic rings. The Hall–Kier alpha value is -2.12. The van der Waals surface area contributed by atoms with Crippen molar-refractivity contribution in [3.63, 3.8) is 0 Å². The third-order valence-corrected chi connectivity index (χ3v) is 3.84. The summed E-state index contributed by atoms with van der Waals surface area (Å²) in [6.07, 6.45) is 0. The van der Waals surface area contributed by atoms with Crippen LogP contribution in [0, 0.1) is 5.82 Å². The molecule has 0 aliphatic heterocycles. The third kappa shape index (κ3) is 4.69.